The molecule has 0 spiro atoms. The molecule has 6 nitrogen and oxygen atoms in total. The van der Waals surface area contributed by atoms with Crippen LogP contribution < -0.4 is 5.32 Å². The van der Waals surface area contributed by atoms with E-state index in [0.717, 1.165) is 47.2 Å². The Hall–Kier alpha value is -2.70. The molecule has 3 aromatic heterocycles. The number of benzene rings is 1. The third-order valence-electron chi connectivity index (χ3n) is 5.79. The topological polar surface area (TPSA) is 89.6 Å². The van der Waals surface area contributed by atoms with Crippen LogP contribution in [-0.2, 0) is 6.42 Å². The van der Waals surface area contributed by atoms with Crippen LogP contribution in [0.15, 0.2) is 36.7 Å². The van der Waals surface area contributed by atoms with Crippen molar-refractivity contribution in [3.8, 4) is 11.3 Å². The highest BCUT2D eigenvalue weighted by atomic mass is 16.3. The number of pyridine rings is 1. The van der Waals surface area contributed by atoms with Crippen LogP contribution in [0.5, 0.6) is 0 Å². The summed E-state index contributed by atoms with van der Waals surface area (Å²) in [6.07, 6.45) is 5.21. The summed E-state index contributed by atoms with van der Waals surface area (Å²) in [5.74, 6) is 0.195. The van der Waals surface area contributed by atoms with Crippen molar-refractivity contribution < 1.29 is 5.11 Å². The van der Waals surface area contributed by atoms with Gasteiger partial charge in [-0.05, 0) is 48.7 Å². The second kappa shape index (κ2) is 6.48. The third kappa shape index (κ3) is 2.64. The molecule has 5 rings (SSSR count). The number of fused-ring (bicyclic) bond motifs is 2. The monoisotopic (exact) mass is 361 g/mol. The first-order chi connectivity index (χ1) is 13.3. The van der Waals surface area contributed by atoms with E-state index in [-0.39, 0.29) is 12.0 Å². The van der Waals surface area contributed by atoms with Crippen molar-refractivity contribution in [1.29, 1.82) is 0 Å². The Labute approximate surface area is 157 Å². The third-order valence-corrected chi connectivity index (χ3v) is 5.79. The highest BCUT2D eigenvalue weighted by molar-refractivity contribution is 5.98. The van der Waals surface area contributed by atoms with Gasteiger partial charge >= 0.3 is 0 Å². The largest absolute Gasteiger partial charge is 0.391 e. The average Bonchev–Trinajstić information content (AvgIpc) is 3.31. The minimum absolute atomic E-state index is 0.195. The number of hydrogen-bond acceptors (Lipinski definition) is 4. The van der Waals surface area contributed by atoms with Gasteiger partial charge in [0.05, 0.1) is 18.0 Å². The number of piperidine rings is 1. The van der Waals surface area contributed by atoms with E-state index >= 15 is 0 Å². The lowest BCUT2D eigenvalue weighted by Crippen LogP contribution is -2.39. The van der Waals surface area contributed by atoms with E-state index in [9.17, 15) is 5.11 Å². The maximum Gasteiger partial charge on any atom is 0.155 e. The Balaban J connectivity index is 1.67. The maximum atomic E-state index is 10.4. The zero-order valence-corrected chi connectivity index (χ0v) is 15.3. The van der Waals surface area contributed by atoms with E-state index < -0.39 is 0 Å². The van der Waals surface area contributed by atoms with Gasteiger partial charge in [-0.2, -0.15) is 5.10 Å². The molecule has 4 aromatic rings. The molecular formula is C21H23N5O. The smallest absolute Gasteiger partial charge is 0.155 e. The minimum atomic E-state index is -0.328. The number of rotatable bonds is 3. The summed E-state index contributed by atoms with van der Waals surface area (Å²) in [5.41, 5.74) is 6.69. The molecule has 6 heteroatoms. The normalized spacial score (nSPS) is 20.5. The van der Waals surface area contributed by atoms with Crippen LogP contribution in [-0.4, -0.2) is 44.5 Å². The molecule has 138 valence electrons. The van der Waals surface area contributed by atoms with Gasteiger partial charge in [-0.25, -0.2) is 4.98 Å². The van der Waals surface area contributed by atoms with Crippen LogP contribution in [0.1, 0.15) is 30.4 Å². The summed E-state index contributed by atoms with van der Waals surface area (Å²) >= 11 is 0. The summed E-state index contributed by atoms with van der Waals surface area (Å²) in [4.78, 5) is 7.97. The Kier molecular flexibility index (Phi) is 3.95. The molecular weight excluding hydrogens is 338 g/mol. The lowest BCUT2D eigenvalue weighted by Gasteiger charge is -2.28. The second-order valence-electron chi connectivity index (χ2n) is 7.29. The van der Waals surface area contributed by atoms with Crippen molar-refractivity contribution >= 4 is 21.9 Å². The molecule has 1 aliphatic heterocycles. The van der Waals surface area contributed by atoms with E-state index in [1.807, 2.05) is 18.5 Å². The molecule has 0 aliphatic carbocycles. The number of nitrogens with zero attached hydrogens (tertiary/aromatic N) is 2. The number of β-amino-alcohol motifs (C(OH)–C–C–N with tert-alkyl or cyclic N) is 1. The number of aromatic nitrogens is 4. The van der Waals surface area contributed by atoms with Gasteiger partial charge < -0.3 is 15.4 Å². The quantitative estimate of drug-likeness (QED) is 0.451. The Morgan fingerprint density at radius 2 is 2.15 bits per heavy atom. The van der Waals surface area contributed by atoms with Crippen LogP contribution >= 0.6 is 0 Å². The first-order valence-electron chi connectivity index (χ1n) is 9.58. The lowest BCUT2D eigenvalue weighted by molar-refractivity contribution is 0.118. The second-order valence-corrected chi connectivity index (χ2v) is 7.29. The van der Waals surface area contributed by atoms with Crippen molar-refractivity contribution in [2.75, 3.05) is 13.1 Å². The molecule has 1 fully saturated rings. The van der Waals surface area contributed by atoms with Crippen LogP contribution in [0, 0.1) is 0 Å². The minimum Gasteiger partial charge on any atom is -0.391 e. The standard InChI is InChI=1S/C21H23N5O/c1-2-13-16-9-12(14-5-7-22-11-19(14)27)3-4-18(16)25-20(13)15-6-8-23-21-17(15)10-24-26-21/h3-4,6,8-10,14,19,22,25,27H,2,5,7,11H2,1H3,(H,23,24,26). The lowest BCUT2D eigenvalue weighted by atomic mass is 9.87. The first kappa shape index (κ1) is 16.5. The van der Waals surface area contributed by atoms with E-state index in [0.29, 0.717) is 6.54 Å². The Morgan fingerprint density at radius 3 is 3.00 bits per heavy atom. The van der Waals surface area contributed by atoms with Gasteiger partial charge in [-0.15, -0.1) is 0 Å². The highest BCUT2D eigenvalue weighted by Crippen LogP contribution is 2.36. The number of aryl methyl sites for hydroxylation is 1. The summed E-state index contributed by atoms with van der Waals surface area (Å²) in [6.45, 7) is 3.80. The number of aliphatic hydroxyl groups is 1. The molecule has 27 heavy (non-hydrogen) atoms. The highest BCUT2D eigenvalue weighted by Gasteiger charge is 2.25. The van der Waals surface area contributed by atoms with Gasteiger partial charge in [-0.1, -0.05) is 13.0 Å². The fourth-order valence-corrected chi connectivity index (χ4v) is 4.39. The first-order valence-corrected chi connectivity index (χ1v) is 9.58. The van der Waals surface area contributed by atoms with Crippen molar-refractivity contribution in [2.45, 2.75) is 31.8 Å². The fourth-order valence-electron chi connectivity index (χ4n) is 4.39. The van der Waals surface area contributed by atoms with Crippen molar-refractivity contribution in [3.05, 3.63) is 47.8 Å². The average molecular weight is 361 g/mol. The van der Waals surface area contributed by atoms with Gasteiger partial charge in [0.2, 0.25) is 0 Å². The van der Waals surface area contributed by atoms with Crippen LogP contribution in [0.2, 0.25) is 0 Å². The molecule has 1 saturated heterocycles. The number of aromatic amines is 2. The molecule has 2 unspecified atom stereocenters. The van der Waals surface area contributed by atoms with E-state index in [4.69, 9.17) is 0 Å². The zero-order valence-electron chi connectivity index (χ0n) is 15.3. The van der Waals surface area contributed by atoms with Crippen molar-refractivity contribution in [3.63, 3.8) is 0 Å². The summed E-state index contributed by atoms with van der Waals surface area (Å²) in [5, 5.41) is 23.0. The summed E-state index contributed by atoms with van der Waals surface area (Å²) in [6, 6.07) is 8.61. The van der Waals surface area contributed by atoms with Gasteiger partial charge in [0.1, 0.15) is 0 Å². The molecule has 1 aromatic carbocycles. The van der Waals surface area contributed by atoms with E-state index in [1.54, 1.807) is 0 Å². The van der Waals surface area contributed by atoms with E-state index in [1.165, 1.54) is 16.5 Å². The van der Waals surface area contributed by atoms with Gasteiger partial charge in [0.15, 0.2) is 5.65 Å². The van der Waals surface area contributed by atoms with Crippen LogP contribution in [0.25, 0.3) is 33.2 Å². The van der Waals surface area contributed by atoms with Gasteiger partial charge in [0, 0.05) is 40.5 Å². The zero-order chi connectivity index (χ0) is 18.4. The maximum absolute atomic E-state index is 10.4. The Morgan fingerprint density at radius 1 is 1.22 bits per heavy atom. The number of hydrogen-bond donors (Lipinski definition) is 4. The summed E-state index contributed by atoms with van der Waals surface area (Å²) < 4.78 is 0. The number of nitrogens with one attached hydrogen (secondary N) is 3. The molecule has 0 amide bonds. The predicted molar refractivity (Wildman–Crippen MR) is 107 cm³/mol. The van der Waals surface area contributed by atoms with Crippen LogP contribution in [0.3, 0.4) is 0 Å². The van der Waals surface area contributed by atoms with E-state index in [2.05, 4.69) is 50.6 Å². The van der Waals surface area contributed by atoms with Crippen molar-refractivity contribution in [2.24, 2.45) is 0 Å². The molecule has 2 atom stereocenters. The van der Waals surface area contributed by atoms with Crippen LogP contribution in [0.4, 0.5) is 0 Å². The molecule has 0 bridgehead atoms. The molecule has 0 saturated carbocycles. The number of aliphatic hydroxyl groups excluding tert-OH is 1. The SMILES string of the molecule is CCc1c(-c2ccnc3[nH]ncc23)[nH]c2ccc(C3CCNCC3O)cc12. The predicted octanol–water partition coefficient (Wildman–Crippen LogP) is 3.11. The van der Waals surface area contributed by atoms with Gasteiger partial charge in [-0.3, -0.25) is 5.10 Å². The molecule has 4 heterocycles. The molecule has 1 aliphatic rings. The Bertz CT molecular complexity index is 1110. The van der Waals surface area contributed by atoms with Crippen molar-refractivity contribution in [1.82, 2.24) is 25.5 Å². The summed E-state index contributed by atoms with van der Waals surface area (Å²) in [7, 11) is 0. The number of H-pyrrole nitrogens is 2. The van der Waals surface area contributed by atoms with Gasteiger partial charge in [0.25, 0.3) is 0 Å². The fraction of sp³-hybridized carbons (Fsp3) is 0.333. The molecule has 4 N–H and O–H groups in total. The molecule has 0 radical (unpaired) electrons.